The molecule has 1 atom stereocenters. The quantitative estimate of drug-likeness (QED) is 0.885. The van der Waals surface area contributed by atoms with Gasteiger partial charge in [-0.05, 0) is 23.3 Å². The van der Waals surface area contributed by atoms with E-state index in [4.69, 9.17) is 4.74 Å². The highest BCUT2D eigenvalue weighted by Gasteiger charge is 2.21. The van der Waals surface area contributed by atoms with E-state index < -0.39 is 0 Å². The van der Waals surface area contributed by atoms with Crippen LogP contribution < -0.4 is 10.1 Å². The Bertz CT molecular complexity index is 622. The van der Waals surface area contributed by atoms with Gasteiger partial charge in [0, 0.05) is 18.7 Å². The molecule has 1 aliphatic heterocycles. The van der Waals surface area contributed by atoms with Crippen molar-refractivity contribution in [2.45, 2.75) is 12.6 Å². The summed E-state index contributed by atoms with van der Waals surface area (Å²) in [6.45, 7) is 1.50. The largest absolute Gasteiger partial charge is 0.483 e. The summed E-state index contributed by atoms with van der Waals surface area (Å²) in [7, 11) is 0. The van der Waals surface area contributed by atoms with Crippen LogP contribution in [0.5, 0.6) is 5.75 Å². The Kier molecular flexibility index (Phi) is 4.34. The van der Waals surface area contributed by atoms with E-state index in [-0.39, 0.29) is 12.7 Å². The van der Waals surface area contributed by atoms with Gasteiger partial charge in [-0.15, -0.1) is 0 Å². The summed E-state index contributed by atoms with van der Waals surface area (Å²) < 4.78 is 5.84. The van der Waals surface area contributed by atoms with Crippen molar-refractivity contribution in [1.82, 2.24) is 5.32 Å². The highest BCUT2D eigenvalue weighted by atomic mass is 16.5. The second-order valence-electron chi connectivity index (χ2n) is 5.14. The molecule has 0 saturated carbocycles. The van der Waals surface area contributed by atoms with Gasteiger partial charge in [0.25, 0.3) is 0 Å². The number of benzene rings is 2. The zero-order chi connectivity index (χ0) is 14.5. The van der Waals surface area contributed by atoms with Gasteiger partial charge in [0.1, 0.15) is 11.9 Å². The first-order valence-electron chi connectivity index (χ1n) is 7.18. The minimum Gasteiger partial charge on any atom is -0.483 e. The second-order valence-corrected chi connectivity index (χ2v) is 5.14. The Morgan fingerprint density at radius 2 is 1.71 bits per heavy atom. The summed E-state index contributed by atoms with van der Waals surface area (Å²) in [5, 5.41) is 12.9. The molecule has 21 heavy (non-hydrogen) atoms. The third-order valence-corrected chi connectivity index (χ3v) is 3.61. The highest BCUT2D eigenvalue weighted by Crippen LogP contribution is 2.28. The van der Waals surface area contributed by atoms with Crippen molar-refractivity contribution in [3.63, 3.8) is 0 Å². The molecule has 0 spiro atoms. The van der Waals surface area contributed by atoms with Crippen molar-refractivity contribution < 1.29 is 9.84 Å². The van der Waals surface area contributed by atoms with Gasteiger partial charge in [0.2, 0.25) is 0 Å². The van der Waals surface area contributed by atoms with Gasteiger partial charge in [-0.1, -0.05) is 48.5 Å². The van der Waals surface area contributed by atoms with Gasteiger partial charge in [0.15, 0.2) is 0 Å². The van der Waals surface area contributed by atoms with Crippen molar-refractivity contribution in [3.05, 3.63) is 71.3 Å². The van der Waals surface area contributed by atoms with Crippen LogP contribution in [0.15, 0.2) is 60.2 Å². The number of hydrogen-bond donors (Lipinski definition) is 2. The third-order valence-electron chi connectivity index (χ3n) is 3.61. The number of ether oxygens (including phenoxy) is 1. The summed E-state index contributed by atoms with van der Waals surface area (Å²) in [5.41, 5.74) is 3.39. The van der Waals surface area contributed by atoms with Gasteiger partial charge in [-0.2, -0.15) is 0 Å². The molecule has 3 heteroatoms. The molecular formula is C18H19NO2. The van der Waals surface area contributed by atoms with E-state index >= 15 is 0 Å². The molecule has 2 N–H and O–H groups in total. The maximum atomic E-state index is 9.51. The van der Waals surface area contributed by atoms with Crippen molar-refractivity contribution in [1.29, 1.82) is 0 Å². The predicted molar refractivity (Wildman–Crippen MR) is 84.1 cm³/mol. The molecule has 1 heterocycles. The van der Waals surface area contributed by atoms with E-state index in [0.29, 0.717) is 6.54 Å². The molecule has 0 saturated heterocycles. The SMILES string of the molecule is OCC1Oc2ccccc2C=C1CNCc1ccccc1. The Morgan fingerprint density at radius 1 is 0.952 bits per heavy atom. The molecule has 2 aromatic carbocycles. The Morgan fingerprint density at radius 3 is 2.52 bits per heavy atom. The molecule has 1 aliphatic rings. The summed E-state index contributed by atoms with van der Waals surface area (Å²) in [5.74, 6) is 0.836. The molecule has 3 rings (SSSR count). The zero-order valence-corrected chi connectivity index (χ0v) is 11.8. The fourth-order valence-corrected chi connectivity index (χ4v) is 2.50. The van der Waals surface area contributed by atoms with Crippen molar-refractivity contribution >= 4 is 6.08 Å². The van der Waals surface area contributed by atoms with Gasteiger partial charge in [-0.3, -0.25) is 0 Å². The third kappa shape index (κ3) is 3.32. The Labute approximate surface area is 124 Å². The van der Waals surface area contributed by atoms with Crippen LogP contribution in [-0.4, -0.2) is 24.4 Å². The number of para-hydroxylation sites is 1. The Hall–Kier alpha value is -2.10. The van der Waals surface area contributed by atoms with Crippen LogP contribution in [0, 0.1) is 0 Å². The minimum absolute atomic E-state index is 0.00676. The van der Waals surface area contributed by atoms with Crippen molar-refractivity contribution in [3.8, 4) is 5.75 Å². The first-order chi connectivity index (χ1) is 10.4. The first kappa shape index (κ1) is 13.9. The monoisotopic (exact) mass is 281 g/mol. The maximum Gasteiger partial charge on any atom is 0.144 e. The fourth-order valence-electron chi connectivity index (χ4n) is 2.50. The lowest BCUT2D eigenvalue weighted by atomic mass is 10.0. The van der Waals surface area contributed by atoms with E-state index in [0.717, 1.165) is 23.4 Å². The van der Waals surface area contributed by atoms with Crippen LogP contribution in [0.3, 0.4) is 0 Å². The zero-order valence-electron chi connectivity index (χ0n) is 11.8. The molecule has 0 radical (unpaired) electrons. The number of aliphatic hydroxyl groups excluding tert-OH is 1. The van der Waals surface area contributed by atoms with Gasteiger partial charge < -0.3 is 15.2 Å². The normalized spacial score (nSPS) is 16.8. The van der Waals surface area contributed by atoms with Crippen LogP contribution in [0.1, 0.15) is 11.1 Å². The van der Waals surface area contributed by atoms with Crippen LogP contribution in [-0.2, 0) is 6.54 Å². The molecule has 0 aliphatic carbocycles. The number of rotatable bonds is 5. The molecule has 3 nitrogen and oxygen atoms in total. The average Bonchev–Trinajstić information content (AvgIpc) is 2.55. The lowest BCUT2D eigenvalue weighted by molar-refractivity contribution is 0.137. The summed E-state index contributed by atoms with van der Waals surface area (Å²) in [4.78, 5) is 0. The smallest absolute Gasteiger partial charge is 0.144 e. The van der Waals surface area contributed by atoms with Gasteiger partial charge in [-0.25, -0.2) is 0 Å². The predicted octanol–water partition coefficient (Wildman–Crippen LogP) is 2.61. The molecule has 1 unspecified atom stereocenters. The topological polar surface area (TPSA) is 41.5 Å². The summed E-state index contributed by atoms with van der Waals surface area (Å²) >= 11 is 0. The van der Waals surface area contributed by atoms with Gasteiger partial charge in [0.05, 0.1) is 6.61 Å². The molecule has 0 aromatic heterocycles. The fraction of sp³-hybridized carbons (Fsp3) is 0.222. The van der Waals surface area contributed by atoms with E-state index in [2.05, 4.69) is 23.5 Å². The van der Waals surface area contributed by atoms with E-state index in [9.17, 15) is 5.11 Å². The Balaban J connectivity index is 1.67. The molecule has 2 aromatic rings. The number of fused-ring (bicyclic) bond motifs is 1. The van der Waals surface area contributed by atoms with Crippen molar-refractivity contribution in [2.24, 2.45) is 0 Å². The van der Waals surface area contributed by atoms with E-state index in [1.54, 1.807) is 0 Å². The lowest BCUT2D eigenvalue weighted by Gasteiger charge is -2.26. The number of hydrogen-bond acceptors (Lipinski definition) is 3. The van der Waals surface area contributed by atoms with Crippen LogP contribution in [0.25, 0.3) is 6.08 Å². The maximum absolute atomic E-state index is 9.51. The number of nitrogens with one attached hydrogen (secondary N) is 1. The van der Waals surface area contributed by atoms with Crippen LogP contribution >= 0.6 is 0 Å². The summed E-state index contributed by atoms with van der Waals surface area (Å²) in [6.07, 6.45) is 1.85. The van der Waals surface area contributed by atoms with Crippen molar-refractivity contribution in [2.75, 3.05) is 13.2 Å². The first-order valence-corrected chi connectivity index (χ1v) is 7.18. The molecule has 0 fully saturated rings. The van der Waals surface area contributed by atoms with E-state index in [1.807, 2.05) is 42.5 Å². The molecule has 108 valence electrons. The number of aliphatic hydroxyl groups is 1. The molecule has 0 amide bonds. The second kappa shape index (κ2) is 6.57. The van der Waals surface area contributed by atoms with Gasteiger partial charge >= 0.3 is 0 Å². The molecular weight excluding hydrogens is 262 g/mol. The van der Waals surface area contributed by atoms with E-state index in [1.165, 1.54) is 5.56 Å². The standard InChI is InChI=1S/C18H19NO2/c20-13-18-16(10-15-8-4-5-9-17(15)21-18)12-19-11-14-6-2-1-3-7-14/h1-10,18-20H,11-13H2. The summed E-state index contributed by atoms with van der Waals surface area (Å²) in [6, 6.07) is 18.2. The minimum atomic E-state index is -0.261. The average molecular weight is 281 g/mol. The lowest BCUT2D eigenvalue weighted by Crippen LogP contribution is -2.32. The van der Waals surface area contributed by atoms with Crippen LogP contribution in [0.2, 0.25) is 0 Å². The molecule has 0 bridgehead atoms. The highest BCUT2D eigenvalue weighted by molar-refractivity contribution is 5.63. The van der Waals surface area contributed by atoms with Crippen LogP contribution in [0.4, 0.5) is 0 Å².